The van der Waals surface area contributed by atoms with Crippen LogP contribution in [0.3, 0.4) is 0 Å². The van der Waals surface area contributed by atoms with E-state index in [0.29, 0.717) is 0 Å². The topological polar surface area (TPSA) is 55.8 Å². The molecule has 1 aliphatic heterocycles. The first-order chi connectivity index (χ1) is 13.1. The molecular weight excluding hydrogens is 352 g/mol. The zero-order valence-electron chi connectivity index (χ0n) is 18.7. The van der Waals surface area contributed by atoms with Crippen LogP contribution in [0.5, 0.6) is 0 Å². The maximum absolute atomic E-state index is 11.1. The molecule has 1 fully saturated rings. The molecule has 4 nitrogen and oxygen atoms in total. The highest BCUT2D eigenvalue weighted by Crippen LogP contribution is 2.33. The summed E-state index contributed by atoms with van der Waals surface area (Å²) in [6, 6.07) is 0. The van der Waals surface area contributed by atoms with Crippen LogP contribution >= 0.6 is 0 Å². The Morgan fingerprint density at radius 3 is 2.14 bits per heavy atom. The van der Waals surface area contributed by atoms with Crippen molar-refractivity contribution in [2.45, 2.75) is 105 Å². The highest BCUT2D eigenvalue weighted by Gasteiger charge is 2.37. The van der Waals surface area contributed by atoms with Crippen LogP contribution in [0.1, 0.15) is 92.9 Å². The lowest BCUT2D eigenvalue weighted by molar-refractivity contribution is -0.411. The second-order valence-electron chi connectivity index (χ2n) is 8.83. The number of carboxylic acid groups (broad SMARTS) is 1. The largest absolute Gasteiger partial charge is 0.481 e. The molecule has 1 heterocycles. The molecule has 1 rings (SSSR count). The van der Waals surface area contributed by atoms with E-state index in [2.05, 4.69) is 52.8 Å². The quantitative estimate of drug-likeness (QED) is 0.311. The minimum Gasteiger partial charge on any atom is -0.481 e. The molecule has 1 aliphatic rings. The van der Waals surface area contributed by atoms with Crippen LogP contribution in [0.25, 0.3) is 0 Å². The van der Waals surface area contributed by atoms with Gasteiger partial charge >= 0.3 is 5.97 Å². The first kappa shape index (κ1) is 24.6. The highest BCUT2D eigenvalue weighted by atomic mass is 17.2. The molecule has 0 spiro atoms. The highest BCUT2D eigenvalue weighted by molar-refractivity contribution is 5.70. The van der Waals surface area contributed by atoms with Crippen molar-refractivity contribution in [1.82, 2.24) is 0 Å². The fourth-order valence-corrected chi connectivity index (χ4v) is 3.34. The van der Waals surface area contributed by atoms with Gasteiger partial charge in [-0.25, -0.2) is 9.78 Å². The number of carboxylic acids is 1. The molecule has 0 radical (unpaired) electrons. The van der Waals surface area contributed by atoms with Crippen molar-refractivity contribution < 1.29 is 19.7 Å². The average Bonchev–Trinajstić information content (AvgIpc) is 2.61. The van der Waals surface area contributed by atoms with Gasteiger partial charge in [0.25, 0.3) is 0 Å². The van der Waals surface area contributed by atoms with E-state index in [9.17, 15) is 4.79 Å². The first-order valence-electron chi connectivity index (χ1n) is 10.6. The Labute approximate surface area is 171 Å². The van der Waals surface area contributed by atoms with E-state index in [1.807, 2.05) is 0 Å². The summed E-state index contributed by atoms with van der Waals surface area (Å²) in [5.74, 6) is -1.37. The molecule has 4 heteroatoms. The maximum Gasteiger partial charge on any atom is 0.308 e. The monoisotopic (exact) mass is 392 g/mol. The van der Waals surface area contributed by atoms with Crippen molar-refractivity contribution in [3.63, 3.8) is 0 Å². The van der Waals surface area contributed by atoms with Gasteiger partial charge in [-0.15, -0.1) is 0 Å². The summed E-state index contributed by atoms with van der Waals surface area (Å²) in [4.78, 5) is 22.1. The molecular formula is C24H40O4. The zero-order chi connectivity index (χ0) is 21.2. The SMILES string of the molecule is CC(C)=CCC/C(C)=C/CC/C(C)=C/CCC1(C)CCC([C@H](C)C(=O)O)OO1. The molecule has 0 aromatic rings. The van der Waals surface area contributed by atoms with E-state index in [-0.39, 0.29) is 11.7 Å². The molecule has 0 amide bonds. The standard InChI is InChI=1S/C24H40O4/c1-18(2)10-7-11-19(3)12-8-13-20(4)14-9-16-24(6)17-15-22(27-28-24)21(5)23(25)26/h10,12,14,21-22H,7-9,11,13,15-17H2,1-6H3,(H,25,26)/b19-12+,20-14+/t21-,22?,24?/m0/s1. The summed E-state index contributed by atoms with van der Waals surface area (Å²) < 4.78 is 0. The van der Waals surface area contributed by atoms with Gasteiger partial charge in [-0.1, -0.05) is 34.9 Å². The van der Waals surface area contributed by atoms with Gasteiger partial charge < -0.3 is 5.11 Å². The summed E-state index contributed by atoms with van der Waals surface area (Å²) in [6.07, 6.45) is 14.5. The van der Waals surface area contributed by atoms with Crippen molar-refractivity contribution in [1.29, 1.82) is 0 Å². The normalized spacial score (nSPS) is 24.7. The van der Waals surface area contributed by atoms with Crippen LogP contribution in [-0.4, -0.2) is 22.8 Å². The molecule has 0 aromatic heterocycles. The van der Waals surface area contributed by atoms with Gasteiger partial charge in [0.2, 0.25) is 0 Å². The third-order valence-corrected chi connectivity index (χ3v) is 5.57. The van der Waals surface area contributed by atoms with Gasteiger partial charge in [0.1, 0.15) is 11.7 Å². The number of aliphatic carboxylic acids is 1. The van der Waals surface area contributed by atoms with Gasteiger partial charge in [-0.05, 0) is 92.9 Å². The number of allylic oxidation sites excluding steroid dienone is 6. The molecule has 0 bridgehead atoms. The summed E-state index contributed by atoms with van der Waals surface area (Å²) in [6.45, 7) is 12.4. The minimum atomic E-state index is -0.836. The Morgan fingerprint density at radius 2 is 1.64 bits per heavy atom. The van der Waals surface area contributed by atoms with Crippen LogP contribution in [0.2, 0.25) is 0 Å². The molecule has 3 atom stereocenters. The van der Waals surface area contributed by atoms with Crippen LogP contribution < -0.4 is 0 Å². The van der Waals surface area contributed by atoms with Crippen LogP contribution in [-0.2, 0) is 14.6 Å². The molecule has 160 valence electrons. The zero-order valence-corrected chi connectivity index (χ0v) is 18.7. The Morgan fingerprint density at radius 1 is 1.07 bits per heavy atom. The molecule has 0 aromatic carbocycles. The van der Waals surface area contributed by atoms with E-state index in [0.717, 1.165) is 51.4 Å². The Kier molecular flexibility index (Phi) is 10.8. The maximum atomic E-state index is 11.1. The van der Waals surface area contributed by atoms with Gasteiger partial charge in [0.05, 0.1) is 5.92 Å². The van der Waals surface area contributed by atoms with Gasteiger partial charge in [-0.3, -0.25) is 4.79 Å². The summed E-state index contributed by atoms with van der Waals surface area (Å²) >= 11 is 0. The minimum absolute atomic E-state index is 0.326. The van der Waals surface area contributed by atoms with Gasteiger partial charge in [0.15, 0.2) is 0 Å². The third kappa shape index (κ3) is 9.70. The van der Waals surface area contributed by atoms with E-state index in [1.165, 1.54) is 16.7 Å². The first-order valence-corrected chi connectivity index (χ1v) is 10.6. The van der Waals surface area contributed by atoms with Gasteiger partial charge in [0, 0.05) is 0 Å². The molecule has 0 saturated carbocycles. The lowest BCUT2D eigenvalue weighted by atomic mass is 9.88. The number of hydrogen-bond donors (Lipinski definition) is 1. The van der Waals surface area contributed by atoms with Crippen molar-refractivity contribution in [2.75, 3.05) is 0 Å². The lowest BCUT2D eigenvalue weighted by Crippen LogP contribution is -2.41. The molecule has 2 unspecified atom stereocenters. The predicted octanol–water partition coefficient (Wildman–Crippen LogP) is 6.78. The average molecular weight is 393 g/mol. The Hall–Kier alpha value is -1.39. The fraction of sp³-hybridized carbons (Fsp3) is 0.708. The predicted molar refractivity (Wildman–Crippen MR) is 115 cm³/mol. The number of hydrogen-bond acceptors (Lipinski definition) is 3. The summed E-state index contributed by atoms with van der Waals surface area (Å²) in [5, 5.41) is 9.09. The van der Waals surface area contributed by atoms with E-state index < -0.39 is 11.9 Å². The fourth-order valence-electron chi connectivity index (χ4n) is 3.34. The van der Waals surface area contributed by atoms with E-state index in [4.69, 9.17) is 14.9 Å². The molecule has 1 saturated heterocycles. The molecule has 1 N–H and O–H groups in total. The van der Waals surface area contributed by atoms with Crippen molar-refractivity contribution in [2.24, 2.45) is 5.92 Å². The van der Waals surface area contributed by atoms with E-state index in [1.54, 1.807) is 6.92 Å². The summed E-state index contributed by atoms with van der Waals surface area (Å²) in [5.41, 5.74) is 3.94. The Balaban J connectivity index is 2.30. The second kappa shape index (κ2) is 12.2. The van der Waals surface area contributed by atoms with Crippen molar-refractivity contribution in [3.8, 4) is 0 Å². The van der Waals surface area contributed by atoms with Crippen LogP contribution in [0.15, 0.2) is 34.9 Å². The van der Waals surface area contributed by atoms with E-state index >= 15 is 0 Å². The van der Waals surface area contributed by atoms with Crippen molar-refractivity contribution in [3.05, 3.63) is 34.9 Å². The number of rotatable bonds is 11. The summed E-state index contributed by atoms with van der Waals surface area (Å²) in [7, 11) is 0. The number of carbonyl (C=O) groups is 1. The second-order valence-corrected chi connectivity index (χ2v) is 8.83. The van der Waals surface area contributed by atoms with Crippen LogP contribution in [0.4, 0.5) is 0 Å². The molecule has 0 aliphatic carbocycles. The van der Waals surface area contributed by atoms with Gasteiger partial charge in [-0.2, -0.15) is 0 Å². The molecule has 28 heavy (non-hydrogen) atoms. The lowest BCUT2D eigenvalue weighted by Gasteiger charge is -2.37. The van der Waals surface area contributed by atoms with Crippen molar-refractivity contribution >= 4 is 5.97 Å². The van der Waals surface area contributed by atoms with Crippen LogP contribution in [0, 0.1) is 5.92 Å². The third-order valence-electron chi connectivity index (χ3n) is 5.57. The Bertz CT molecular complexity index is 573. The smallest absolute Gasteiger partial charge is 0.308 e.